The highest BCUT2D eigenvalue weighted by Gasteiger charge is 2.30. The van der Waals surface area contributed by atoms with Gasteiger partial charge in [-0.15, -0.1) is 0 Å². The summed E-state index contributed by atoms with van der Waals surface area (Å²) < 4.78 is 5.71. The van der Waals surface area contributed by atoms with Crippen molar-refractivity contribution in [3.05, 3.63) is 0 Å². The van der Waals surface area contributed by atoms with E-state index in [0.717, 1.165) is 31.2 Å². The van der Waals surface area contributed by atoms with Crippen LogP contribution in [0.25, 0.3) is 0 Å². The lowest BCUT2D eigenvalue weighted by Gasteiger charge is -2.40. The summed E-state index contributed by atoms with van der Waals surface area (Å²) in [7, 11) is 1.86. The standard InChI is InChI=1S/C9H18N2OS/c1-4-9(2)7-11(5-6-12-9)8(13)10-3/h4-7H2,1-3H3,(H,10,13). The first kappa shape index (κ1) is 10.7. The van der Waals surface area contributed by atoms with Crippen LogP contribution in [0.5, 0.6) is 0 Å². The molecule has 0 radical (unpaired) electrons. The SMILES string of the molecule is CCC1(C)CN(C(=S)NC)CCO1. The van der Waals surface area contributed by atoms with Gasteiger partial charge in [-0.2, -0.15) is 0 Å². The Bertz CT molecular complexity index is 198. The van der Waals surface area contributed by atoms with Gasteiger partial charge in [-0.25, -0.2) is 0 Å². The molecule has 76 valence electrons. The zero-order chi connectivity index (χ0) is 9.90. The van der Waals surface area contributed by atoms with Crippen LogP contribution in [0.2, 0.25) is 0 Å². The predicted molar refractivity (Wildman–Crippen MR) is 57.9 cm³/mol. The van der Waals surface area contributed by atoms with Crippen molar-refractivity contribution in [3.63, 3.8) is 0 Å². The van der Waals surface area contributed by atoms with Gasteiger partial charge in [0, 0.05) is 20.1 Å². The molecule has 13 heavy (non-hydrogen) atoms. The van der Waals surface area contributed by atoms with Gasteiger partial charge in [-0.1, -0.05) is 6.92 Å². The fourth-order valence-electron chi connectivity index (χ4n) is 1.48. The van der Waals surface area contributed by atoms with E-state index < -0.39 is 0 Å². The van der Waals surface area contributed by atoms with E-state index in [-0.39, 0.29) is 5.60 Å². The van der Waals surface area contributed by atoms with E-state index in [0.29, 0.717) is 0 Å². The number of hydrogen-bond acceptors (Lipinski definition) is 2. The van der Waals surface area contributed by atoms with Gasteiger partial charge in [-0.3, -0.25) is 0 Å². The van der Waals surface area contributed by atoms with Crippen LogP contribution in [0.4, 0.5) is 0 Å². The Kier molecular flexibility index (Phi) is 3.50. The fraction of sp³-hybridized carbons (Fsp3) is 0.889. The lowest BCUT2D eigenvalue weighted by molar-refractivity contribution is -0.0822. The van der Waals surface area contributed by atoms with Crippen molar-refractivity contribution in [3.8, 4) is 0 Å². The summed E-state index contributed by atoms with van der Waals surface area (Å²) in [5, 5.41) is 3.82. The Hall–Kier alpha value is -0.350. The van der Waals surface area contributed by atoms with Crippen molar-refractivity contribution in [2.45, 2.75) is 25.9 Å². The Morgan fingerprint density at radius 3 is 2.92 bits per heavy atom. The van der Waals surface area contributed by atoms with Crippen molar-refractivity contribution < 1.29 is 4.74 Å². The monoisotopic (exact) mass is 202 g/mol. The number of thiocarbonyl (C=S) groups is 1. The first-order valence-corrected chi connectivity index (χ1v) is 5.13. The summed E-state index contributed by atoms with van der Waals surface area (Å²) in [6, 6.07) is 0. The third kappa shape index (κ3) is 2.54. The van der Waals surface area contributed by atoms with Crippen molar-refractivity contribution in [2.24, 2.45) is 0 Å². The Morgan fingerprint density at radius 1 is 1.69 bits per heavy atom. The van der Waals surface area contributed by atoms with Gasteiger partial charge >= 0.3 is 0 Å². The maximum absolute atomic E-state index is 5.71. The number of nitrogens with zero attached hydrogens (tertiary/aromatic N) is 1. The number of ether oxygens (including phenoxy) is 1. The minimum atomic E-state index is -0.0286. The van der Waals surface area contributed by atoms with Crippen LogP contribution in [-0.2, 0) is 4.74 Å². The third-order valence-electron chi connectivity index (χ3n) is 2.59. The maximum atomic E-state index is 5.71. The zero-order valence-corrected chi connectivity index (χ0v) is 9.41. The molecule has 0 saturated carbocycles. The first-order valence-electron chi connectivity index (χ1n) is 4.72. The highest BCUT2D eigenvalue weighted by atomic mass is 32.1. The van der Waals surface area contributed by atoms with Gasteiger partial charge in [0.1, 0.15) is 0 Å². The van der Waals surface area contributed by atoms with Gasteiger partial charge in [0.15, 0.2) is 5.11 Å². The van der Waals surface area contributed by atoms with Crippen LogP contribution in [0.3, 0.4) is 0 Å². The summed E-state index contributed by atoms with van der Waals surface area (Å²) in [5.41, 5.74) is -0.0286. The molecule has 0 spiro atoms. The van der Waals surface area contributed by atoms with E-state index >= 15 is 0 Å². The summed E-state index contributed by atoms with van der Waals surface area (Å²) in [6.45, 7) is 6.84. The summed E-state index contributed by atoms with van der Waals surface area (Å²) in [4.78, 5) is 2.17. The van der Waals surface area contributed by atoms with Crippen LogP contribution < -0.4 is 5.32 Å². The second-order valence-corrected chi connectivity index (χ2v) is 4.02. The van der Waals surface area contributed by atoms with E-state index in [1.165, 1.54) is 0 Å². The smallest absolute Gasteiger partial charge is 0.168 e. The highest BCUT2D eigenvalue weighted by molar-refractivity contribution is 7.80. The van der Waals surface area contributed by atoms with E-state index in [2.05, 4.69) is 24.1 Å². The second-order valence-electron chi connectivity index (χ2n) is 3.63. The van der Waals surface area contributed by atoms with E-state index in [1.807, 2.05) is 7.05 Å². The van der Waals surface area contributed by atoms with E-state index in [9.17, 15) is 0 Å². The Balaban J connectivity index is 2.56. The van der Waals surface area contributed by atoms with Crippen molar-refractivity contribution in [1.82, 2.24) is 10.2 Å². The quantitative estimate of drug-likeness (QED) is 0.641. The molecule has 0 aromatic rings. The molecule has 3 nitrogen and oxygen atoms in total. The van der Waals surface area contributed by atoms with Crippen LogP contribution in [0.1, 0.15) is 20.3 Å². The van der Waals surface area contributed by atoms with Crippen LogP contribution in [0.15, 0.2) is 0 Å². The number of rotatable bonds is 1. The highest BCUT2D eigenvalue weighted by Crippen LogP contribution is 2.20. The molecule has 0 bridgehead atoms. The minimum absolute atomic E-state index is 0.0286. The molecular formula is C9H18N2OS. The third-order valence-corrected chi connectivity index (χ3v) is 3.05. The topological polar surface area (TPSA) is 24.5 Å². The van der Waals surface area contributed by atoms with Gasteiger partial charge < -0.3 is 15.0 Å². The molecule has 1 rings (SSSR count). The average Bonchev–Trinajstić information content (AvgIpc) is 2.17. The van der Waals surface area contributed by atoms with E-state index in [4.69, 9.17) is 17.0 Å². The molecule has 0 aromatic heterocycles. The van der Waals surface area contributed by atoms with Crippen LogP contribution in [0, 0.1) is 0 Å². The average molecular weight is 202 g/mol. The molecule has 1 fully saturated rings. The lowest BCUT2D eigenvalue weighted by Crippen LogP contribution is -2.53. The molecule has 1 heterocycles. The molecule has 4 heteroatoms. The van der Waals surface area contributed by atoms with Crippen molar-refractivity contribution >= 4 is 17.3 Å². The van der Waals surface area contributed by atoms with Crippen molar-refractivity contribution in [2.75, 3.05) is 26.7 Å². The summed E-state index contributed by atoms with van der Waals surface area (Å²) >= 11 is 5.18. The van der Waals surface area contributed by atoms with Gasteiger partial charge in [-0.05, 0) is 25.6 Å². The Labute approximate surface area is 85.4 Å². The maximum Gasteiger partial charge on any atom is 0.168 e. The Morgan fingerprint density at radius 2 is 2.38 bits per heavy atom. The largest absolute Gasteiger partial charge is 0.372 e. The predicted octanol–water partition coefficient (Wildman–Crippen LogP) is 0.992. The molecule has 1 aliphatic heterocycles. The van der Waals surface area contributed by atoms with Gasteiger partial charge in [0.25, 0.3) is 0 Å². The second kappa shape index (κ2) is 4.24. The molecule has 1 N–H and O–H groups in total. The van der Waals surface area contributed by atoms with Crippen LogP contribution in [-0.4, -0.2) is 42.4 Å². The molecule has 1 saturated heterocycles. The number of hydrogen-bond donors (Lipinski definition) is 1. The fourth-order valence-corrected chi connectivity index (χ4v) is 1.63. The summed E-state index contributed by atoms with van der Waals surface area (Å²) in [6.07, 6.45) is 1.02. The first-order chi connectivity index (χ1) is 6.11. The minimum Gasteiger partial charge on any atom is -0.372 e. The molecular weight excluding hydrogens is 184 g/mol. The number of nitrogens with one attached hydrogen (secondary N) is 1. The lowest BCUT2D eigenvalue weighted by atomic mass is 10.0. The van der Waals surface area contributed by atoms with Crippen LogP contribution >= 0.6 is 12.2 Å². The molecule has 0 amide bonds. The molecule has 1 atom stereocenters. The number of morpholine rings is 1. The molecule has 1 aliphatic rings. The zero-order valence-electron chi connectivity index (χ0n) is 8.59. The molecule has 0 aliphatic carbocycles. The molecule has 1 unspecified atom stereocenters. The van der Waals surface area contributed by atoms with Crippen molar-refractivity contribution in [1.29, 1.82) is 0 Å². The summed E-state index contributed by atoms with van der Waals surface area (Å²) in [5.74, 6) is 0. The normalized spacial score (nSPS) is 28.7. The molecule has 0 aromatic carbocycles. The van der Waals surface area contributed by atoms with E-state index in [1.54, 1.807) is 0 Å². The van der Waals surface area contributed by atoms with Gasteiger partial charge in [0.05, 0.1) is 12.2 Å². The van der Waals surface area contributed by atoms with Gasteiger partial charge in [0.2, 0.25) is 0 Å².